The minimum atomic E-state index is -0.560. The number of unbranched alkanes of at least 4 members (excludes halogenated alkanes) is 1. The van der Waals surface area contributed by atoms with Gasteiger partial charge in [0, 0.05) is 22.7 Å². The first-order valence-corrected chi connectivity index (χ1v) is 12.6. The van der Waals surface area contributed by atoms with Crippen molar-refractivity contribution in [3.8, 4) is 11.5 Å². The van der Waals surface area contributed by atoms with E-state index in [1.165, 1.54) is 0 Å². The number of ether oxygens (including phenoxy) is 2. The molecular weight excluding hydrogens is 462 g/mol. The predicted octanol–water partition coefficient (Wildman–Crippen LogP) is 5.42. The molecule has 35 heavy (non-hydrogen) atoms. The highest BCUT2D eigenvalue weighted by atomic mass is 32.2. The number of fused-ring (bicyclic) bond motifs is 1. The summed E-state index contributed by atoms with van der Waals surface area (Å²) < 4.78 is 13.0. The Bertz CT molecular complexity index is 1240. The third-order valence-corrected chi connectivity index (χ3v) is 6.77. The van der Waals surface area contributed by atoms with Crippen molar-refractivity contribution >= 4 is 29.3 Å². The van der Waals surface area contributed by atoms with Crippen molar-refractivity contribution in [2.24, 2.45) is 0 Å². The van der Waals surface area contributed by atoms with Crippen molar-refractivity contribution in [3.63, 3.8) is 0 Å². The summed E-state index contributed by atoms with van der Waals surface area (Å²) in [6.07, 6.45) is 2.18. The van der Waals surface area contributed by atoms with Gasteiger partial charge >= 0.3 is 0 Å². The molecule has 2 heterocycles. The fraction of sp³-hybridized carbons (Fsp3) is 0.346. The van der Waals surface area contributed by atoms with Crippen molar-refractivity contribution in [2.75, 3.05) is 30.6 Å². The summed E-state index contributed by atoms with van der Waals surface area (Å²) in [6.45, 7) is 6.05. The maximum absolute atomic E-state index is 13.7. The van der Waals surface area contributed by atoms with Crippen LogP contribution in [0.25, 0.3) is 0 Å². The largest absolute Gasteiger partial charge is 0.497 e. The maximum atomic E-state index is 13.7. The van der Waals surface area contributed by atoms with Crippen LogP contribution >= 0.6 is 11.8 Å². The van der Waals surface area contributed by atoms with Crippen LogP contribution in [0.2, 0.25) is 0 Å². The van der Waals surface area contributed by atoms with E-state index in [9.17, 15) is 4.79 Å². The highest BCUT2D eigenvalue weighted by Crippen LogP contribution is 2.41. The van der Waals surface area contributed by atoms with E-state index in [4.69, 9.17) is 19.6 Å². The van der Waals surface area contributed by atoms with Gasteiger partial charge in [0.2, 0.25) is 11.1 Å². The van der Waals surface area contributed by atoms with Gasteiger partial charge in [-0.3, -0.25) is 4.79 Å². The van der Waals surface area contributed by atoms with Gasteiger partial charge in [-0.2, -0.15) is 4.98 Å². The Morgan fingerprint density at radius 3 is 2.60 bits per heavy atom. The molecule has 1 atom stereocenters. The van der Waals surface area contributed by atoms with Crippen LogP contribution in [0.4, 0.5) is 11.6 Å². The zero-order valence-corrected chi connectivity index (χ0v) is 21.5. The highest BCUT2D eigenvalue weighted by molar-refractivity contribution is 7.99. The monoisotopic (exact) mass is 493 g/mol. The summed E-state index contributed by atoms with van der Waals surface area (Å²) in [6, 6.07) is 12.7. The number of methoxy groups -OCH3 is 2. The smallest absolute Gasteiger partial charge is 0.255 e. The molecule has 0 radical (unpaired) electrons. The molecule has 4 rings (SSSR count). The van der Waals surface area contributed by atoms with Crippen LogP contribution in [-0.2, 0) is 4.79 Å². The van der Waals surface area contributed by atoms with Crippen molar-refractivity contribution in [1.29, 1.82) is 0 Å². The van der Waals surface area contributed by atoms with Gasteiger partial charge in [0.1, 0.15) is 17.5 Å². The molecule has 1 amide bonds. The van der Waals surface area contributed by atoms with Gasteiger partial charge < -0.3 is 20.1 Å². The lowest BCUT2D eigenvalue weighted by Gasteiger charge is -2.29. The third kappa shape index (κ3) is 5.30. The molecule has 9 heteroatoms. The van der Waals surface area contributed by atoms with Gasteiger partial charge in [0.15, 0.2) is 0 Å². The first kappa shape index (κ1) is 24.7. The Balaban J connectivity index is 1.80. The predicted molar refractivity (Wildman–Crippen MR) is 139 cm³/mol. The van der Waals surface area contributed by atoms with E-state index in [2.05, 4.69) is 17.6 Å². The molecule has 0 spiro atoms. The number of thioether (sulfide) groups is 1. The number of nitrogens with zero attached hydrogens (tertiary/aromatic N) is 3. The van der Waals surface area contributed by atoms with Crippen LogP contribution in [0.5, 0.6) is 11.5 Å². The normalized spacial score (nSPS) is 14.8. The van der Waals surface area contributed by atoms with Crippen molar-refractivity contribution in [3.05, 3.63) is 64.9 Å². The Morgan fingerprint density at radius 1 is 1.14 bits per heavy atom. The molecule has 2 N–H and O–H groups in total. The van der Waals surface area contributed by atoms with Crippen LogP contribution in [0.3, 0.4) is 0 Å². The molecule has 1 aliphatic heterocycles. The lowest BCUT2D eigenvalue weighted by molar-refractivity contribution is -0.113. The number of carbonyl (C=O) groups excluding carboxylic acids is 1. The van der Waals surface area contributed by atoms with Crippen LogP contribution in [0, 0.1) is 6.92 Å². The second-order valence-electron chi connectivity index (χ2n) is 8.36. The number of anilines is 2. The second kappa shape index (κ2) is 10.9. The summed E-state index contributed by atoms with van der Waals surface area (Å²) >= 11 is 1.61. The number of aromatic nitrogens is 3. The topological polar surface area (TPSA) is 90.3 Å². The molecule has 0 saturated carbocycles. The van der Waals surface area contributed by atoms with Crippen LogP contribution < -0.4 is 20.1 Å². The second-order valence-corrected chi connectivity index (χ2v) is 9.42. The molecule has 1 aliphatic rings. The Morgan fingerprint density at radius 2 is 1.91 bits per heavy atom. The van der Waals surface area contributed by atoms with Crippen LogP contribution in [0.15, 0.2) is 58.9 Å². The lowest BCUT2D eigenvalue weighted by atomic mass is 9.94. The first-order valence-electron chi connectivity index (χ1n) is 11.6. The quantitative estimate of drug-likeness (QED) is 0.304. The van der Waals surface area contributed by atoms with E-state index >= 15 is 0 Å². The Kier molecular flexibility index (Phi) is 7.65. The summed E-state index contributed by atoms with van der Waals surface area (Å²) in [7, 11) is 3.23. The molecule has 1 unspecified atom stereocenters. The maximum Gasteiger partial charge on any atom is 0.255 e. The molecule has 8 nitrogen and oxygen atoms in total. The van der Waals surface area contributed by atoms with Gasteiger partial charge in [-0.25, -0.2) is 4.68 Å². The van der Waals surface area contributed by atoms with Gasteiger partial charge in [-0.15, -0.1) is 5.10 Å². The number of nitrogens with one attached hydrogen (secondary N) is 2. The van der Waals surface area contributed by atoms with E-state index in [0.717, 1.165) is 35.4 Å². The number of allylic oxidation sites excluding steroid dienone is 1. The SMILES string of the molecule is CCCCSc1nc2n(n1)C(c1cc(OC)ccc1OC)C(C(=O)Nc1ccc(C)cc1)=C(C)N2. The zero-order valence-electron chi connectivity index (χ0n) is 20.7. The fourth-order valence-electron chi connectivity index (χ4n) is 3.97. The molecule has 0 saturated heterocycles. The number of aryl methyl sites for hydroxylation is 1. The van der Waals surface area contributed by atoms with E-state index in [0.29, 0.717) is 33.9 Å². The summed E-state index contributed by atoms with van der Waals surface area (Å²) in [5, 5.41) is 11.8. The number of hydrogen-bond acceptors (Lipinski definition) is 7. The van der Waals surface area contributed by atoms with Gasteiger partial charge in [0.05, 0.1) is 19.8 Å². The van der Waals surface area contributed by atoms with E-state index in [-0.39, 0.29) is 5.91 Å². The first-order chi connectivity index (χ1) is 16.9. The van der Waals surface area contributed by atoms with Crippen LogP contribution in [-0.4, -0.2) is 40.6 Å². The lowest BCUT2D eigenvalue weighted by Crippen LogP contribution is -2.31. The highest BCUT2D eigenvalue weighted by Gasteiger charge is 2.36. The van der Waals surface area contributed by atoms with E-state index < -0.39 is 6.04 Å². The number of carbonyl (C=O) groups is 1. The summed E-state index contributed by atoms with van der Waals surface area (Å²) in [5.41, 5.74) is 3.83. The third-order valence-electron chi connectivity index (χ3n) is 5.85. The molecule has 0 aliphatic carbocycles. The van der Waals surface area contributed by atoms with E-state index in [1.54, 1.807) is 30.7 Å². The van der Waals surface area contributed by atoms with Crippen LogP contribution in [0.1, 0.15) is 43.9 Å². The van der Waals surface area contributed by atoms with E-state index in [1.807, 2.05) is 56.3 Å². The minimum absolute atomic E-state index is 0.227. The average Bonchev–Trinajstić information content (AvgIpc) is 3.26. The van der Waals surface area contributed by atoms with Crippen molar-refractivity contribution in [2.45, 2.75) is 44.8 Å². The number of rotatable bonds is 9. The molecular formula is C26H31N5O3S. The van der Waals surface area contributed by atoms with Crippen molar-refractivity contribution in [1.82, 2.24) is 14.8 Å². The summed E-state index contributed by atoms with van der Waals surface area (Å²) in [5.74, 6) is 2.58. The van der Waals surface area contributed by atoms with Crippen molar-refractivity contribution < 1.29 is 14.3 Å². The number of hydrogen-bond donors (Lipinski definition) is 2. The van der Waals surface area contributed by atoms with Gasteiger partial charge in [-0.05, 0) is 50.6 Å². The average molecular weight is 494 g/mol. The Labute approximate surface area is 210 Å². The Hall–Kier alpha value is -3.46. The molecule has 3 aromatic rings. The number of amides is 1. The molecule has 0 bridgehead atoms. The fourth-order valence-corrected chi connectivity index (χ4v) is 4.88. The minimum Gasteiger partial charge on any atom is -0.497 e. The molecule has 0 fully saturated rings. The molecule has 2 aromatic carbocycles. The molecule has 184 valence electrons. The summed E-state index contributed by atoms with van der Waals surface area (Å²) in [4.78, 5) is 18.4. The van der Waals surface area contributed by atoms with Gasteiger partial charge in [-0.1, -0.05) is 42.8 Å². The zero-order chi connectivity index (χ0) is 24.9. The van der Waals surface area contributed by atoms with Gasteiger partial charge in [0.25, 0.3) is 5.91 Å². The number of benzene rings is 2. The molecule has 1 aromatic heterocycles. The standard InChI is InChI=1S/C26H31N5O3S/c1-6-7-14-35-26-29-25-27-17(3)22(24(32)28-18-10-8-16(2)9-11-18)23(31(25)30-26)20-15-19(33-4)12-13-21(20)34-5/h8-13,15,23H,6-7,14H2,1-5H3,(H,28,32)(H,27,29,30).